The Balaban J connectivity index is 2.48. The summed E-state index contributed by atoms with van der Waals surface area (Å²) in [4.78, 5) is 38.0. The first-order valence-electron chi connectivity index (χ1n) is 8.17. The fourth-order valence-corrected chi connectivity index (χ4v) is 2.88. The number of ketones is 1. The van der Waals surface area contributed by atoms with E-state index in [0.717, 1.165) is 0 Å². The Labute approximate surface area is 165 Å². The molecular weight excluding hydrogens is 386 g/mol. The number of aromatic amines is 1. The molecule has 1 N–H and O–H groups in total. The smallest absolute Gasteiger partial charge is 0.340 e. The number of nitro groups is 1. The minimum absolute atomic E-state index is 0.0538. The van der Waals surface area contributed by atoms with Gasteiger partial charge >= 0.3 is 5.97 Å². The third-order valence-electron chi connectivity index (χ3n) is 3.99. The number of aromatic nitrogens is 1. The summed E-state index contributed by atoms with van der Waals surface area (Å²) in [6.07, 6.45) is 1.23. The molecule has 8 nitrogen and oxygen atoms in total. The molecule has 0 aliphatic carbocycles. The van der Waals surface area contributed by atoms with E-state index < -0.39 is 16.7 Å². The van der Waals surface area contributed by atoms with Gasteiger partial charge in [-0.1, -0.05) is 17.7 Å². The second-order valence-electron chi connectivity index (χ2n) is 5.81. The molecule has 1 aromatic heterocycles. The van der Waals surface area contributed by atoms with Gasteiger partial charge in [-0.2, -0.15) is 5.26 Å². The van der Waals surface area contributed by atoms with Crippen molar-refractivity contribution in [3.63, 3.8) is 0 Å². The summed E-state index contributed by atoms with van der Waals surface area (Å²) in [5.74, 6) is -1.21. The Morgan fingerprint density at radius 3 is 2.64 bits per heavy atom. The summed E-state index contributed by atoms with van der Waals surface area (Å²) in [6.45, 7) is 5.05. The topological polar surface area (TPSA) is 126 Å². The maximum atomic E-state index is 12.8. The lowest BCUT2D eigenvalue weighted by Gasteiger charge is -2.03. The van der Waals surface area contributed by atoms with Crippen LogP contribution in [0, 0.1) is 35.3 Å². The summed E-state index contributed by atoms with van der Waals surface area (Å²) < 4.78 is 4.99. The highest BCUT2D eigenvalue weighted by Gasteiger charge is 2.25. The first-order chi connectivity index (χ1) is 13.2. The van der Waals surface area contributed by atoms with Crippen molar-refractivity contribution in [2.24, 2.45) is 0 Å². The molecule has 2 aromatic rings. The van der Waals surface area contributed by atoms with E-state index >= 15 is 0 Å². The SMILES string of the molecule is CCOC(=O)c1c(C)[nH]c(C(=O)/C(C#N)=C/c2ccc(Cl)c([N+](=O)[O-])c2)c1C. The van der Waals surface area contributed by atoms with Crippen LogP contribution in [0.2, 0.25) is 5.02 Å². The summed E-state index contributed by atoms with van der Waals surface area (Å²) in [6, 6.07) is 5.73. The van der Waals surface area contributed by atoms with Crippen LogP contribution in [0.15, 0.2) is 23.8 Å². The number of nitrogens with zero attached hydrogens (tertiary/aromatic N) is 2. The van der Waals surface area contributed by atoms with E-state index in [9.17, 15) is 25.0 Å². The number of nitro benzene ring substituents is 1. The molecule has 2 rings (SSSR count). The van der Waals surface area contributed by atoms with Crippen molar-refractivity contribution in [3.05, 3.63) is 67.0 Å². The van der Waals surface area contributed by atoms with Crippen molar-refractivity contribution in [2.45, 2.75) is 20.8 Å². The number of carbonyl (C=O) groups excluding carboxylic acids is 2. The van der Waals surface area contributed by atoms with Gasteiger partial charge in [0.15, 0.2) is 0 Å². The van der Waals surface area contributed by atoms with Crippen LogP contribution >= 0.6 is 11.6 Å². The number of nitrogens with one attached hydrogen (secondary N) is 1. The first-order valence-corrected chi connectivity index (χ1v) is 8.55. The zero-order chi connectivity index (χ0) is 21.0. The lowest BCUT2D eigenvalue weighted by molar-refractivity contribution is -0.384. The summed E-state index contributed by atoms with van der Waals surface area (Å²) in [5.41, 5.74) is 0.810. The zero-order valence-corrected chi connectivity index (χ0v) is 16.1. The van der Waals surface area contributed by atoms with E-state index in [1.165, 1.54) is 24.3 Å². The lowest BCUT2D eigenvalue weighted by atomic mass is 10.0. The molecule has 0 bridgehead atoms. The summed E-state index contributed by atoms with van der Waals surface area (Å²) in [7, 11) is 0. The van der Waals surface area contributed by atoms with Crippen molar-refractivity contribution >= 4 is 35.1 Å². The molecule has 0 unspecified atom stereocenters. The van der Waals surface area contributed by atoms with Crippen LogP contribution < -0.4 is 0 Å². The number of nitriles is 1. The molecule has 0 aliphatic rings. The number of aryl methyl sites for hydroxylation is 1. The van der Waals surface area contributed by atoms with Crippen LogP contribution in [0.25, 0.3) is 6.08 Å². The number of allylic oxidation sites excluding steroid dienone is 1. The van der Waals surface area contributed by atoms with Crippen LogP contribution in [-0.4, -0.2) is 28.3 Å². The van der Waals surface area contributed by atoms with Crippen molar-refractivity contribution in [1.82, 2.24) is 4.98 Å². The molecule has 1 aromatic carbocycles. The number of esters is 1. The Morgan fingerprint density at radius 1 is 1.39 bits per heavy atom. The van der Waals surface area contributed by atoms with Crippen molar-refractivity contribution in [1.29, 1.82) is 5.26 Å². The number of Topliss-reactive ketones (excluding diaryl/α,β-unsaturated/α-hetero) is 1. The monoisotopic (exact) mass is 401 g/mol. The predicted molar refractivity (Wildman–Crippen MR) is 102 cm³/mol. The lowest BCUT2D eigenvalue weighted by Crippen LogP contribution is -2.08. The standard InChI is InChI=1S/C19H16ClN3O5/c1-4-28-19(25)16-10(2)17(22-11(16)3)18(24)13(9-21)7-12-5-6-14(20)15(8-12)23(26)27/h5-8,22H,4H2,1-3H3/b13-7+. The predicted octanol–water partition coefficient (Wildman–Crippen LogP) is 4.16. The molecule has 1 heterocycles. The molecular formula is C19H16ClN3O5. The molecule has 0 saturated carbocycles. The molecule has 0 saturated heterocycles. The highest BCUT2D eigenvalue weighted by Crippen LogP contribution is 2.27. The summed E-state index contributed by atoms with van der Waals surface area (Å²) in [5, 5.41) is 20.4. The fourth-order valence-electron chi connectivity index (χ4n) is 2.70. The highest BCUT2D eigenvalue weighted by atomic mass is 35.5. The Bertz CT molecular complexity index is 1050. The van der Waals surface area contributed by atoms with Gasteiger partial charge in [0.25, 0.3) is 5.69 Å². The molecule has 0 spiro atoms. The highest BCUT2D eigenvalue weighted by molar-refractivity contribution is 6.32. The van der Waals surface area contributed by atoms with Gasteiger partial charge in [0, 0.05) is 11.8 Å². The minimum Gasteiger partial charge on any atom is -0.462 e. The number of H-pyrrole nitrogens is 1. The van der Waals surface area contributed by atoms with Crippen molar-refractivity contribution in [3.8, 4) is 6.07 Å². The van der Waals surface area contributed by atoms with E-state index in [4.69, 9.17) is 16.3 Å². The van der Waals surface area contributed by atoms with Crippen LogP contribution in [0.3, 0.4) is 0 Å². The normalized spacial score (nSPS) is 11.0. The third-order valence-corrected chi connectivity index (χ3v) is 4.31. The van der Waals surface area contributed by atoms with Crippen LogP contribution in [-0.2, 0) is 4.74 Å². The van der Waals surface area contributed by atoms with Gasteiger partial charge in [-0.25, -0.2) is 4.79 Å². The van der Waals surface area contributed by atoms with Gasteiger partial charge in [0.05, 0.1) is 22.8 Å². The van der Waals surface area contributed by atoms with Gasteiger partial charge in [-0.05, 0) is 44.0 Å². The molecule has 28 heavy (non-hydrogen) atoms. The van der Waals surface area contributed by atoms with Gasteiger partial charge < -0.3 is 9.72 Å². The van der Waals surface area contributed by atoms with Crippen molar-refractivity contribution in [2.75, 3.05) is 6.61 Å². The Hall–Kier alpha value is -3.44. The van der Waals surface area contributed by atoms with E-state index in [0.29, 0.717) is 11.3 Å². The minimum atomic E-state index is -0.655. The Morgan fingerprint density at radius 2 is 2.07 bits per heavy atom. The average molecular weight is 402 g/mol. The van der Waals surface area contributed by atoms with E-state index in [-0.39, 0.29) is 39.7 Å². The molecule has 0 fully saturated rings. The fraction of sp³-hybridized carbons (Fsp3) is 0.211. The number of halogens is 1. The third kappa shape index (κ3) is 4.10. The number of hydrogen-bond donors (Lipinski definition) is 1. The average Bonchev–Trinajstić information content (AvgIpc) is 2.94. The number of ether oxygens (including phenoxy) is 1. The Kier molecular flexibility index (Phi) is 6.33. The maximum absolute atomic E-state index is 12.8. The molecule has 0 radical (unpaired) electrons. The molecule has 9 heteroatoms. The van der Waals surface area contributed by atoms with Gasteiger partial charge in [-0.15, -0.1) is 0 Å². The molecule has 0 aliphatic heterocycles. The number of hydrogen-bond acceptors (Lipinski definition) is 6. The van der Waals surface area contributed by atoms with E-state index in [2.05, 4.69) is 4.98 Å². The van der Waals surface area contributed by atoms with E-state index in [1.807, 2.05) is 0 Å². The van der Waals surface area contributed by atoms with Gasteiger partial charge in [0.2, 0.25) is 5.78 Å². The quantitative estimate of drug-likeness (QED) is 0.193. The van der Waals surface area contributed by atoms with Crippen LogP contribution in [0.5, 0.6) is 0 Å². The van der Waals surface area contributed by atoms with Crippen molar-refractivity contribution < 1.29 is 19.2 Å². The first kappa shape index (κ1) is 20.9. The maximum Gasteiger partial charge on any atom is 0.340 e. The number of benzene rings is 1. The molecule has 0 amide bonds. The second kappa shape index (κ2) is 8.50. The number of rotatable bonds is 6. The van der Waals surface area contributed by atoms with Gasteiger partial charge in [0.1, 0.15) is 16.7 Å². The van der Waals surface area contributed by atoms with Gasteiger partial charge in [-0.3, -0.25) is 14.9 Å². The zero-order valence-electron chi connectivity index (χ0n) is 15.3. The largest absolute Gasteiger partial charge is 0.462 e. The van der Waals surface area contributed by atoms with Crippen LogP contribution in [0.1, 0.15) is 44.6 Å². The number of carbonyl (C=O) groups is 2. The second-order valence-corrected chi connectivity index (χ2v) is 6.22. The molecule has 144 valence electrons. The van der Waals surface area contributed by atoms with Crippen LogP contribution in [0.4, 0.5) is 5.69 Å². The molecule has 0 atom stereocenters. The summed E-state index contributed by atoms with van der Waals surface area (Å²) >= 11 is 5.77. The van der Waals surface area contributed by atoms with E-state index in [1.54, 1.807) is 26.8 Å².